The third-order valence-corrected chi connectivity index (χ3v) is 3.37. The molecule has 0 fully saturated rings. The summed E-state index contributed by atoms with van der Waals surface area (Å²) in [5.74, 6) is -0.0694. The van der Waals surface area contributed by atoms with Gasteiger partial charge >= 0.3 is 5.97 Å². The van der Waals surface area contributed by atoms with Gasteiger partial charge in [-0.1, -0.05) is 20.8 Å². The fourth-order valence-electron chi connectivity index (χ4n) is 0.881. The Morgan fingerprint density at radius 3 is 2.31 bits per heavy atom. The zero-order valence-corrected chi connectivity index (χ0v) is 11.3. The number of isocyanates is 1. The van der Waals surface area contributed by atoms with Crippen molar-refractivity contribution in [1.29, 1.82) is 0 Å². The molecule has 0 heterocycles. The minimum atomic E-state index is -1.13. The Morgan fingerprint density at radius 2 is 1.94 bits per heavy atom. The molecular weight excluding hydrogens is 226 g/mol. The summed E-state index contributed by atoms with van der Waals surface area (Å²) in [6.07, 6.45) is 1.44. The van der Waals surface area contributed by atoms with Crippen LogP contribution >= 0.6 is 11.8 Å². The van der Waals surface area contributed by atoms with Crippen molar-refractivity contribution in [2.24, 2.45) is 4.99 Å². The molecule has 0 rings (SSSR count). The lowest BCUT2D eigenvalue weighted by Gasteiger charge is -2.25. The molecule has 1 atom stereocenters. The van der Waals surface area contributed by atoms with Crippen molar-refractivity contribution in [1.82, 2.24) is 0 Å². The average Bonchev–Trinajstić information content (AvgIpc) is 2.15. The number of ether oxygens (including phenoxy) is 1. The topological polar surface area (TPSA) is 55.7 Å². The number of hydrogen-bond donors (Lipinski definition) is 0. The van der Waals surface area contributed by atoms with Crippen molar-refractivity contribution >= 4 is 23.8 Å². The zero-order valence-electron chi connectivity index (χ0n) is 10.5. The Morgan fingerprint density at radius 1 is 1.38 bits per heavy atom. The molecule has 0 aliphatic rings. The Bertz CT molecular complexity index is 292. The van der Waals surface area contributed by atoms with E-state index in [4.69, 9.17) is 4.74 Å². The number of esters is 1. The van der Waals surface area contributed by atoms with Crippen LogP contribution in [0.25, 0.3) is 0 Å². The SMILES string of the molecule is CCOC(=O)C(C)(CSC(C)(C)C)N=C=O. The molecule has 0 aromatic carbocycles. The van der Waals surface area contributed by atoms with Crippen LogP contribution in [0.5, 0.6) is 0 Å². The highest BCUT2D eigenvalue weighted by molar-refractivity contribution is 8.00. The molecule has 0 saturated carbocycles. The van der Waals surface area contributed by atoms with Crippen LogP contribution in [0.1, 0.15) is 34.6 Å². The zero-order chi connectivity index (χ0) is 12.8. The standard InChI is InChI=1S/C11H19NO3S/c1-6-15-9(14)11(5,12-8-13)7-16-10(2,3)4/h6-7H2,1-5H3. The molecular formula is C11H19NO3S. The molecule has 0 saturated heterocycles. The first-order chi connectivity index (χ1) is 7.25. The van der Waals surface area contributed by atoms with Crippen LogP contribution < -0.4 is 0 Å². The third-order valence-electron chi connectivity index (χ3n) is 1.79. The second-order valence-electron chi connectivity index (χ2n) is 4.60. The van der Waals surface area contributed by atoms with Crippen molar-refractivity contribution < 1.29 is 14.3 Å². The van der Waals surface area contributed by atoms with E-state index < -0.39 is 11.5 Å². The Labute approximate surface area is 101 Å². The minimum absolute atomic E-state index is 0.00611. The lowest BCUT2D eigenvalue weighted by molar-refractivity contribution is -0.147. The molecule has 1 unspecified atom stereocenters. The molecule has 0 aromatic heterocycles. The van der Waals surface area contributed by atoms with E-state index in [0.29, 0.717) is 5.75 Å². The first-order valence-electron chi connectivity index (χ1n) is 5.15. The van der Waals surface area contributed by atoms with Gasteiger partial charge in [0.25, 0.3) is 0 Å². The maximum Gasteiger partial charge on any atom is 0.335 e. The van der Waals surface area contributed by atoms with Crippen molar-refractivity contribution in [2.45, 2.75) is 44.9 Å². The molecule has 0 radical (unpaired) electrons. The number of carbonyl (C=O) groups excluding carboxylic acids is 2. The number of rotatable bonds is 5. The molecule has 0 spiro atoms. The van der Waals surface area contributed by atoms with E-state index in [1.807, 2.05) is 20.8 Å². The second kappa shape index (κ2) is 6.06. The van der Waals surface area contributed by atoms with Crippen molar-refractivity contribution in [3.63, 3.8) is 0 Å². The first kappa shape index (κ1) is 15.2. The normalized spacial score (nSPS) is 14.8. The molecule has 0 amide bonds. The van der Waals surface area contributed by atoms with Gasteiger partial charge in [0, 0.05) is 10.5 Å². The molecule has 0 bridgehead atoms. The van der Waals surface area contributed by atoms with E-state index in [0.717, 1.165) is 0 Å². The van der Waals surface area contributed by atoms with E-state index in [-0.39, 0.29) is 11.4 Å². The van der Waals surface area contributed by atoms with Crippen molar-refractivity contribution in [2.75, 3.05) is 12.4 Å². The van der Waals surface area contributed by atoms with Gasteiger partial charge in [-0.3, -0.25) is 0 Å². The quantitative estimate of drug-likeness (QED) is 0.423. The summed E-state index contributed by atoms with van der Waals surface area (Å²) in [4.78, 5) is 25.6. The lowest BCUT2D eigenvalue weighted by atomic mass is 10.1. The molecule has 0 aromatic rings. The maximum atomic E-state index is 11.7. The lowest BCUT2D eigenvalue weighted by Crippen LogP contribution is -2.38. The van der Waals surface area contributed by atoms with Crippen LogP contribution in [-0.4, -0.2) is 34.7 Å². The molecule has 0 aliphatic heterocycles. The van der Waals surface area contributed by atoms with Gasteiger partial charge in [-0.05, 0) is 13.8 Å². The highest BCUT2D eigenvalue weighted by Gasteiger charge is 2.36. The molecule has 4 nitrogen and oxygen atoms in total. The first-order valence-corrected chi connectivity index (χ1v) is 6.14. The highest BCUT2D eigenvalue weighted by Crippen LogP contribution is 2.29. The van der Waals surface area contributed by atoms with Gasteiger partial charge in [0.15, 0.2) is 5.54 Å². The van der Waals surface area contributed by atoms with Gasteiger partial charge in [-0.2, -0.15) is 16.8 Å². The predicted octanol–water partition coefficient (Wildman–Crippen LogP) is 2.18. The minimum Gasteiger partial charge on any atom is -0.464 e. The summed E-state index contributed by atoms with van der Waals surface area (Å²) in [5, 5.41) is 0. The van der Waals surface area contributed by atoms with Crippen LogP contribution in [0.2, 0.25) is 0 Å². The van der Waals surface area contributed by atoms with Crippen LogP contribution in [0.4, 0.5) is 0 Å². The molecule has 0 N–H and O–H groups in total. The molecule has 16 heavy (non-hydrogen) atoms. The molecule has 92 valence electrons. The summed E-state index contributed by atoms with van der Waals surface area (Å²) in [5.41, 5.74) is -1.13. The van der Waals surface area contributed by atoms with E-state index in [1.165, 1.54) is 6.08 Å². The fraction of sp³-hybridized carbons (Fsp3) is 0.818. The maximum absolute atomic E-state index is 11.7. The number of carbonyl (C=O) groups is 1. The van der Waals surface area contributed by atoms with Crippen LogP contribution in [-0.2, 0) is 14.3 Å². The predicted molar refractivity (Wildman–Crippen MR) is 65.4 cm³/mol. The Kier molecular flexibility index (Phi) is 5.76. The van der Waals surface area contributed by atoms with E-state index in [2.05, 4.69) is 4.99 Å². The number of aliphatic imine (C=N–C) groups is 1. The average molecular weight is 245 g/mol. The van der Waals surface area contributed by atoms with Crippen LogP contribution in [0.3, 0.4) is 0 Å². The molecule has 0 aliphatic carbocycles. The summed E-state index contributed by atoms with van der Waals surface area (Å²) < 4.78 is 4.91. The highest BCUT2D eigenvalue weighted by atomic mass is 32.2. The smallest absolute Gasteiger partial charge is 0.335 e. The van der Waals surface area contributed by atoms with Gasteiger partial charge in [-0.25, -0.2) is 9.59 Å². The summed E-state index contributed by atoms with van der Waals surface area (Å²) in [6, 6.07) is 0. The van der Waals surface area contributed by atoms with E-state index in [9.17, 15) is 9.59 Å². The van der Waals surface area contributed by atoms with Gasteiger partial charge in [0.1, 0.15) is 0 Å². The second-order valence-corrected chi connectivity index (χ2v) is 6.40. The monoisotopic (exact) mass is 245 g/mol. The Balaban J connectivity index is 4.70. The van der Waals surface area contributed by atoms with Crippen LogP contribution in [0.15, 0.2) is 4.99 Å². The third kappa shape index (κ3) is 5.33. The largest absolute Gasteiger partial charge is 0.464 e. The van der Waals surface area contributed by atoms with Gasteiger partial charge in [0.2, 0.25) is 6.08 Å². The van der Waals surface area contributed by atoms with E-state index in [1.54, 1.807) is 25.6 Å². The van der Waals surface area contributed by atoms with Gasteiger partial charge in [0.05, 0.1) is 6.61 Å². The van der Waals surface area contributed by atoms with E-state index >= 15 is 0 Å². The van der Waals surface area contributed by atoms with Crippen molar-refractivity contribution in [3.8, 4) is 0 Å². The number of nitrogens with zero attached hydrogens (tertiary/aromatic N) is 1. The van der Waals surface area contributed by atoms with Gasteiger partial charge < -0.3 is 4.74 Å². The summed E-state index contributed by atoms with van der Waals surface area (Å²) in [7, 11) is 0. The fourth-order valence-corrected chi connectivity index (χ4v) is 1.78. The summed E-state index contributed by atoms with van der Waals surface area (Å²) >= 11 is 1.56. The number of thioether (sulfide) groups is 1. The summed E-state index contributed by atoms with van der Waals surface area (Å²) in [6.45, 7) is 9.70. The number of hydrogen-bond acceptors (Lipinski definition) is 5. The van der Waals surface area contributed by atoms with Crippen molar-refractivity contribution in [3.05, 3.63) is 0 Å². The van der Waals surface area contributed by atoms with Crippen LogP contribution in [0, 0.1) is 0 Å². The van der Waals surface area contributed by atoms with Gasteiger partial charge in [-0.15, -0.1) is 0 Å². The molecule has 5 heteroatoms. The Hall–Kier alpha value is -0.800.